The lowest BCUT2D eigenvalue weighted by molar-refractivity contribution is 0.0131. The van der Waals surface area contributed by atoms with Crippen LogP contribution in [0.1, 0.15) is 40.0 Å². The van der Waals surface area contributed by atoms with Crippen LogP contribution < -0.4 is 5.32 Å². The van der Waals surface area contributed by atoms with Crippen molar-refractivity contribution in [3.05, 3.63) is 0 Å². The Hall–Kier alpha value is -0.0800. The number of nitrogens with one attached hydrogen (secondary N) is 1. The molecule has 5 nitrogen and oxygen atoms in total. The van der Waals surface area contributed by atoms with Gasteiger partial charge in [-0.2, -0.15) is 0 Å². The van der Waals surface area contributed by atoms with Gasteiger partial charge in [0.25, 0.3) is 0 Å². The number of morpholine rings is 1. The second-order valence-corrected chi connectivity index (χ2v) is 7.53. The summed E-state index contributed by atoms with van der Waals surface area (Å²) in [7, 11) is 1.91. The Morgan fingerprint density at radius 2 is 1.79 bits per heavy atom. The quantitative estimate of drug-likeness (QED) is 0.396. The highest BCUT2D eigenvalue weighted by Crippen LogP contribution is 2.16. The van der Waals surface area contributed by atoms with Crippen molar-refractivity contribution in [2.75, 3.05) is 53.0 Å². The van der Waals surface area contributed by atoms with Gasteiger partial charge in [-0.3, -0.25) is 9.89 Å². The molecule has 2 heterocycles. The van der Waals surface area contributed by atoms with E-state index in [1.807, 2.05) is 7.05 Å². The minimum absolute atomic E-state index is 0. The number of hydrogen-bond acceptors (Lipinski definition) is 3. The van der Waals surface area contributed by atoms with E-state index >= 15 is 0 Å². The number of rotatable bonds is 5. The molecule has 0 radical (unpaired) electrons. The molecule has 2 aliphatic heterocycles. The van der Waals surface area contributed by atoms with Crippen molar-refractivity contribution in [1.29, 1.82) is 0 Å². The second-order valence-electron chi connectivity index (χ2n) is 7.53. The molecule has 0 aromatic carbocycles. The van der Waals surface area contributed by atoms with E-state index in [1.54, 1.807) is 0 Å². The molecule has 24 heavy (non-hydrogen) atoms. The van der Waals surface area contributed by atoms with Crippen molar-refractivity contribution in [2.45, 2.75) is 46.1 Å². The fraction of sp³-hybridized carbons (Fsp3) is 0.944. The van der Waals surface area contributed by atoms with E-state index in [9.17, 15) is 0 Å². The molecule has 1 atom stereocenters. The van der Waals surface area contributed by atoms with Crippen LogP contribution >= 0.6 is 24.0 Å². The van der Waals surface area contributed by atoms with E-state index in [2.05, 4.69) is 40.9 Å². The monoisotopic (exact) mass is 452 g/mol. The number of nitrogens with zero attached hydrogens (tertiary/aromatic N) is 3. The Labute approximate surface area is 165 Å². The molecule has 0 aliphatic carbocycles. The first-order valence-electron chi connectivity index (χ1n) is 9.37. The van der Waals surface area contributed by atoms with Gasteiger partial charge in [0.15, 0.2) is 5.96 Å². The zero-order chi connectivity index (χ0) is 16.7. The molecule has 142 valence electrons. The molecule has 2 rings (SSSR count). The lowest BCUT2D eigenvalue weighted by Crippen LogP contribution is -2.52. The molecule has 0 bridgehead atoms. The average molecular weight is 452 g/mol. The van der Waals surface area contributed by atoms with Crippen LogP contribution in [0, 0.1) is 11.8 Å². The predicted molar refractivity (Wildman–Crippen MR) is 112 cm³/mol. The molecular formula is C18H37IN4O. The number of aliphatic imine (C=N–C) groups is 1. The highest BCUT2D eigenvalue weighted by Gasteiger charge is 2.24. The summed E-state index contributed by atoms with van der Waals surface area (Å²) in [6.07, 6.45) is 3.78. The van der Waals surface area contributed by atoms with Crippen molar-refractivity contribution < 1.29 is 4.74 Å². The van der Waals surface area contributed by atoms with Gasteiger partial charge in [0.05, 0.1) is 13.2 Å². The van der Waals surface area contributed by atoms with E-state index in [4.69, 9.17) is 4.74 Å². The average Bonchev–Trinajstić information content (AvgIpc) is 2.56. The number of ether oxygens (including phenoxy) is 1. The first-order chi connectivity index (χ1) is 11.1. The van der Waals surface area contributed by atoms with Crippen molar-refractivity contribution in [2.24, 2.45) is 16.8 Å². The maximum absolute atomic E-state index is 5.51. The second kappa shape index (κ2) is 11.5. The van der Waals surface area contributed by atoms with E-state index in [-0.39, 0.29) is 24.0 Å². The van der Waals surface area contributed by atoms with Gasteiger partial charge in [-0.25, -0.2) is 0 Å². The van der Waals surface area contributed by atoms with Gasteiger partial charge in [0, 0.05) is 45.8 Å². The van der Waals surface area contributed by atoms with Crippen molar-refractivity contribution in [3.8, 4) is 0 Å². The molecule has 2 aliphatic rings. The maximum Gasteiger partial charge on any atom is 0.193 e. The summed E-state index contributed by atoms with van der Waals surface area (Å²) in [6, 6.07) is 0.569. The molecule has 2 fully saturated rings. The third kappa shape index (κ3) is 7.04. The molecule has 1 unspecified atom stereocenters. The number of guanidine groups is 1. The van der Waals surface area contributed by atoms with Crippen LogP contribution in [0.25, 0.3) is 0 Å². The highest BCUT2D eigenvalue weighted by atomic mass is 127. The predicted octanol–water partition coefficient (Wildman–Crippen LogP) is 2.66. The first-order valence-corrected chi connectivity index (χ1v) is 9.37. The summed E-state index contributed by atoms with van der Waals surface area (Å²) < 4.78 is 5.51. The Morgan fingerprint density at radius 1 is 1.17 bits per heavy atom. The molecule has 0 spiro atoms. The minimum atomic E-state index is 0. The summed E-state index contributed by atoms with van der Waals surface area (Å²) in [5, 5.41) is 3.65. The van der Waals surface area contributed by atoms with Crippen LogP contribution in [0.3, 0.4) is 0 Å². The van der Waals surface area contributed by atoms with E-state index in [1.165, 1.54) is 19.3 Å². The summed E-state index contributed by atoms with van der Waals surface area (Å²) in [5.41, 5.74) is 0. The topological polar surface area (TPSA) is 40.1 Å². The molecule has 0 saturated carbocycles. The zero-order valence-electron chi connectivity index (χ0n) is 16.0. The van der Waals surface area contributed by atoms with Gasteiger partial charge in [0.2, 0.25) is 0 Å². The van der Waals surface area contributed by atoms with Gasteiger partial charge in [0.1, 0.15) is 0 Å². The SMILES string of the molecule is CN=C(NCC(CC(C)C)N1CCOCC1)N1CCC(C)CC1.I. The number of hydrogen-bond donors (Lipinski definition) is 1. The highest BCUT2D eigenvalue weighted by molar-refractivity contribution is 14.0. The lowest BCUT2D eigenvalue weighted by Gasteiger charge is -2.37. The van der Waals surface area contributed by atoms with E-state index in [0.717, 1.165) is 57.8 Å². The van der Waals surface area contributed by atoms with E-state index in [0.29, 0.717) is 12.0 Å². The minimum Gasteiger partial charge on any atom is -0.379 e. The van der Waals surface area contributed by atoms with Crippen LogP contribution in [0.2, 0.25) is 0 Å². The van der Waals surface area contributed by atoms with Gasteiger partial charge < -0.3 is 15.0 Å². The Balaban J connectivity index is 0.00000288. The van der Waals surface area contributed by atoms with Crippen molar-refractivity contribution >= 4 is 29.9 Å². The summed E-state index contributed by atoms with van der Waals surface area (Å²) in [5.74, 6) is 2.65. The largest absolute Gasteiger partial charge is 0.379 e. The van der Waals surface area contributed by atoms with Gasteiger partial charge in [-0.15, -0.1) is 24.0 Å². The summed E-state index contributed by atoms with van der Waals surface area (Å²) in [6.45, 7) is 14.1. The Bertz CT molecular complexity index is 364. The Kier molecular flexibility index (Phi) is 10.5. The Morgan fingerprint density at radius 3 is 2.33 bits per heavy atom. The third-order valence-electron chi connectivity index (χ3n) is 5.10. The van der Waals surface area contributed by atoms with Crippen LogP contribution in [0.15, 0.2) is 4.99 Å². The molecular weight excluding hydrogens is 415 g/mol. The van der Waals surface area contributed by atoms with Crippen LogP contribution in [-0.4, -0.2) is 74.8 Å². The van der Waals surface area contributed by atoms with Crippen molar-refractivity contribution in [1.82, 2.24) is 15.1 Å². The number of piperidine rings is 1. The first kappa shape index (κ1) is 22.0. The molecule has 0 aromatic heterocycles. The zero-order valence-corrected chi connectivity index (χ0v) is 18.3. The van der Waals surface area contributed by atoms with Crippen LogP contribution in [-0.2, 0) is 4.74 Å². The number of halogens is 1. The maximum atomic E-state index is 5.51. The summed E-state index contributed by atoms with van der Waals surface area (Å²) >= 11 is 0. The molecule has 0 aromatic rings. The molecule has 1 N–H and O–H groups in total. The van der Waals surface area contributed by atoms with Crippen LogP contribution in [0.4, 0.5) is 0 Å². The number of likely N-dealkylation sites (tertiary alicyclic amines) is 1. The van der Waals surface area contributed by atoms with Crippen molar-refractivity contribution in [3.63, 3.8) is 0 Å². The summed E-state index contributed by atoms with van der Waals surface area (Å²) in [4.78, 5) is 9.53. The van der Waals surface area contributed by atoms with Gasteiger partial charge >= 0.3 is 0 Å². The molecule has 0 amide bonds. The fourth-order valence-corrected chi connectivity index (χ4v) is 3.61. The van der Waals surface area contributed by atoms with Gasteiger partial charge in [-0.05, 0) is 31.1 Å². The molecule has 2 saturated heterocycles. The van der Waals surface area contributed by atoms with Crippen LogP contribution in [0.5, 0.6) is 0 Å². The van der Waals surface area contributed by atoms with E-state index < -0.39 is 0 Å². The lowest BCUT2D eigenvalue weighted by atomic mass is 9.99. The normalized spacial score (nSPS) is 22.4. The molecule has 6 heteroatoms. The fourth-order valence-electron chi connectivity index (χ4n) is 3.61. The standard InChI is InChI=1S/C18H36N4O.HI/c1-15(2)13-17(21-9-11-23-12-10-21)14-20-18(19-4)22-7-5-16(3)6-8-22;/h15-17H,5-14H2,1-4H3,(H,19,20);1H. The smallest absolute Gasteiger partial charge is 0.193 e. The third-order valence-corrected chi connectivity index (χ3v) is 5.10. The van der Waals surface area contributed by atoms with Gasteiger partial charge in [-0.1, -0.05) is 20.8 Å².